The van der Waals surface area contributed by atoms with E-state index in [1.54, 1.807) is 24.3 Å². The Morgan fingerprint density at radius 1 is 1.41 bits per heavy atom. The standard InChI is InChI=1S/C14H19ClN2O4S/c1-22(19,20)17-8-2-3-12(17)9-16-14(18)10-21-13-6-4-11(15)5-7-13/h4-7,12H,2-3,8-10H2,1H3,(H,16,18). The number of halogens is 1. The lowest BCUT2D eigenvalue weighted by Crippen LogP contribution is -2.43. The maximum absolute atomic E-state index is 11.8. The fourth-order valence-electron chi connectivity index (χ4n) is 2.41. The lowest BCUT2D eigenvalue weighted by Gasteiger charge is -2.22. The summed E-state index contributed by atoms with van der Waals surface area (Å²) in [4.78, 5) is 11.8. The summed E-state index contributed by atoms with van der Waals surface area (Å²) in [7, 11) is -3.22. The van der Waals surface area contributed by atoms with Crippen LogP contribution < -0.4 is 10.1 Å². The summed E-state index contributed by atoms with van der Waals surface area (Å²) < 4.78 is 30.0. The first kappa shape index (κ1) is 17.1. The van der Waals surface area contributed by atoms with Crippen molar-refractivity contribution in [3.05, 3.63) is 29.3 Å². The Morgan fingerprint density at radius 3 is 2.73 bits per heavy atom. The molecule has 1 atom stereocenters. The Bertz CT molecular complexity index is 618. The topological polar surface area (TPSA) is 75.7 Å². The Kier molecular flexibility index (Phi) is 5.66. The van der Waals surface area contributed by atoms with E-state index in [2.05, 4.69) is 5.32 Å². The van der Waals surface area contributed by atoms with Crippen LogP contribution in [0.4, 0.5) is 0 Å². The molecule has 1 saturated heterocycles. The van der Waals surface area contributed by atoms with Gasteiger partial charge in [0, 0.05) is 24.2 Å². The van der Waals surface area contributed by atoms with Crippen molar-refractivity contribution in [2.24, 2.45) is 0 Å². The zero-order valence-electron chi connectivity index (χ0n) is 12.3. The molecule has 8 heteroatoms. The van der Waals surface area contributed by atoms with Crippen molar-refractivity contribution in [3.8, 4) is 5.75 Å². The largest absolute Gasteiger partial charge is 0.484 e. The van der Waals surface area contributed by atoms with Gasteiger partial charge in [0.05, 0.1) is 6.26 Å². The number of carbonyl (C=O) groups excluding carboxylic acids is 1. The molecule has 0 aliphatic carbocycles. The van der Waals surface area contributed by atoms with E-state index in [1.807, 2.05) is 0 Å². The van der Waals surface area contributed by atoms with Crippen molar-refractivity contribution in [1.29, 1.82) is 0 Å². The third-order valence-electron chi connectivity index (χ3n) is 3.47. The highest BCUT2D eigenvalue weighted by atomic mass is 35.5. The molecule has 1 unspecified atom stereocenters. The van der Waals surface area contributed by atoms with E-state index in [4.69, 9.17) is 16.3 Å². The Hall–Kier alpha value is -1.31. The first-order valence-electron chi connectivity index (χ1n) is 6.98. The number of nitrogens with one attached hydrogen (secondary N) is 1. The summed E-state index contributed by atoms with van der Waals surface area (Å²) in [5, 5.41) is 3.31. The minimum Gasteiger partial charge on any atom is -0.484 e. The number of hydrogen-bond donors (Lipinski definition) is 1. The molecule has 0 radical (unpaired) electrons. The van der Waals surface area contributed by atoms with E-state index in [1.165, 1.54) is 10.6 Å². The molecule has 1 N–H and O–H groups in total. The molecule has 6 nitrogen and oxygen atoms in total. The van der Waals surface area contributed by atoms with Crippen LogP contribution in [0.5, 0.6) is 5.75 Å². The number of benzene rings is 1. The van der Waals surface area contributed by atoms with Gasteiger partial charge < -0.3 is 10.1 Å². The second-order valence-corrected chi connectivity index (χ2v) is 7.59. The lowest BCUT2D eigenvalue weighted by atomic mass is 10.2. The summed E-state index contributed by atoms with van der Waals surface area (Å²) in [5.41, 5.74) is 0. The predicted molar refractivity (Wildman–Crippen MR) is 84.5 cm³/mol. The number of hydrogen-bond acceptors (Lipinski definition) is 4. The zero-order valence-corrected chi connectivity index (χ0v) is 13.9. The summed E-state index contributed by atoms with van der Waals surface area (Å²) in [6, 6.07) is 6.54. The Morgan fingerprint density at radius 2 is 2.09 bits per heavy atom. The SMILES string of the molecule is CS(=O)(=O)N1CCCC1CNC(=O)COc1ccc(Cl)cc1. The van der Waals surface area contributed by atoms with Gasteiger partial charge in [-0.25, -0.2) is 8.42 Å². The van der Waals surface area contributed by atoms with Gasteiger partial charge >= 0.3 is 0 Å². The van der Waals surface area contributed by atoms with Crippen LogP contribution in [0.3, 0.4) is 0 Å². The molecule has 122 valence electrons. The second-order valence-electron chi connectivity index (χ2n) is 5.22. The average molecular weight is 347 g/mol. The number of rotatable bonds is 6. The minimum absolute atomic E-state index is 0.118. The summed E-state index contributed by atoms with van der Waals surface area (Å²) >= 11 is 5.76. The molecule has 1 aliphatic heterocycles. The number of nitrogens with zero attached hydrogens (tertiary/aromatic N) is 1. The molecule has 1 aliphatic rings. The fourth-order valence-corrected chi connectivity index (χ4v) is 3.72. The van der Waals surface area contributed by atoms with Crippen LogP contribution in [0, 0.1) is 0 Å². The van der Waals surface area contributed by atoms with Crippen LogP contribution in [0.15, 0.2) is 24.3 Å². The van der Waals surface area contributed by atoms with Gasteiger partial charge in [-0.05, 0) is 37.1 Å². The molecule has 0 aromatic heterocycles. The van der Waals surface area contributed by atoms with E-state index in [0.29, 0.717) is 23.9 Å². The van der Waals surface area contributed by atoms with Crippen LogP contribution in [0.2, 0.25) is 5.02 Å². The van der Waals surface area contributed by atoms with Crippen LogP contribution in [-0.4, -0.2) is 50.6 Å². The van der Waals surface area contributed by atoms with Crippen LogP contribution in [-0.2, 0) is 14.8 Å². The number of amides is 1. The lowest BCUT2D eigenvalue weighted by molar-refractivity contribution is -0.123. The molecule has 0 saturated carbocycles. The molecule has 0 spiro atoms. The minimum atomic E-state index is -3.22. The third kappa shape index (κ3) is 4.86. The van der Waals surface area contributed by atoms with Gasteiger partial charge in [-0.1, -0.05) is 11.6 Å². The third-order valence-corrected chi connectivity index (χ3v) is 5.05. The van der Waals surface area contributed by atoms with Crippen molar-refractivity contribution in [2.75, 3.05) is 26.0 Å². The van der Waals surface area contributed by atoms with Gasteiger partial charge in [0.2, 0.25) is 10.0 Å². The molecule has 1 amide bonds. The van der Waals surface area contributed by atoms with Crippen LogP contribution >= 0.6 is 11.6 Å². The van der Waals surface area contributed by atoms with Crippen molar-refractivity contribution >= 4 is 27.5 Å². The highest BCUT2D eigenvalue weighted by Crippen LogP contribution is 2.19. The van der Waals surface area contributed by atoms with Crippen molar-refractivity contribution in [1.82, 2.24) is 9.62 Å². The monoisotopic (exact) mass is 346 g/mol. The van der Waals surface area contributed by atoms with E-state index in [9.17, 15) is 13.2 Å². The van der Waals surface area contributed by atoms with Gasteiger partial charge in [-0.15, -0.1) is 0 Å². The first-order chi connectivity index (χ1) is 10.4. The molecule has 22 heavy (non-hydrogen) atoms. The molecule has 1 aromatic rings. The van der Waals surface area contributed by atoms with E-state index in [0.717, 1.165) is 12.8 Å². The summed E-state index contributed by atoms with van der Waals surface area (Å²) in [6.45, 7) is 0.698. The fraction of sp³-hybridized carbons (Fsp3) is 0.500. The quantitative estimate of drug-likeness (QED) is 0.841. The van der Waals surface area contributed by atoms with Crippen molar-refractivity contribution < 1.29 is 17.9 Å². The van der Waals surface area contributed by atoms with Crippen molar-refractivity contribution in [3.63, 3.8) is 0 Å². The molecular weight excluding hydrogens is 328 g/mol. The average Bonchev–Trinajstić information content (AvgIpc) is 2.93. The zero-order chi connectivity index (χ0) is 16.2. The van der Waals surface area contributed by atoms with Gasteiger partial charge in [0.1, 0.15) is 5.75 Å². The summed E-state index contributed by atoms with van der Waals surface area (Å²) in [6.07, 6.45) is 2.76. The number of carbonyl (C=O) groups is 1. The smallest absolute Gasteiger partial charge is 0.257 e. The van der Waals surface area contributed by atoms with Gasteiger partial charge in [-0.2, -0.15) is 4.31 Å². The van der Waals surface area contributed by atoms with E-state index in [-0.39, 0.29) is 18.6 Å². The Balaban J connectivity index is 1.77. The second kappa shape index (κ2) is 7.30. The molecule has 1 aromatic carbocycles. The normalized spacial score (nSPS) is 19.1. The van der Waals surface area contributed by atoms with Gasteiger partial charge in [0.25, 0.3) is 5.91 Å². The van der Waals surface area contributed by atoms with Crippen LogP contribution in [0.25, 0.3) is 0 Å². The maximum atomic E-state index is 11.8. The van der Waals surface area contributed by atoms with E-state index >= 15 is 0 Å². The maximum Gasteiger partial charge on any atom is 0.257 e. The molecule has 1 fully saturated rings. The van der Waals surface area contributed by atoms with Crippen molar-refractivity contribution in [2.45, 2.75) is 18.9 Å². The number of ether oxygens (including phenoxy) is 1. The first-order valence-corrected chi connectivity index (χ1v) is 9.21. The molecule has 0 bridgehead atoms. The van der Waals surface area contributed by atoms with Crippen LogP contribution in [0.1, 0.15) is 12.8 Å². The highest BCUT2D eigenvalue weighted by molar-refractivity contribution is 7.88. The molecule has 2 rings (SSSR count). The highest BCUT2D eigenvalue weighted by Gasteiger charge is 2.31. The molecule has 1 heterocycles. The van der Waals surface area contributed by atoms with Gasteiger partial charge in [-0.3, -0.25) is 4.79 Å². The summed E-state index contributed by atoms with van der Waals surface area (Å²) in [5.74, 6) is 0.272. The van der Waals surface area contributed by atoms with Gasteiger partial charge in [0.15, 0.2) is 6.61 Å². The predicted octanol–water partition coefficient (Wildman–Crippen LogP) is 1.26. The number of sulfonamides is 1. The Labute approximate surface area is 135 Å². The van der Waals surface area contributed by atoms with E-state index < -0.39 is 10.0 Å². The molecular formula is C14H19ClN2O4S.